The van der Waals surface area contributed by atoms with Gasteiger partial charge < -0.3 is 9.73 Å². The van der Waals surface area contributed by atoms with Crippen LogP contribution in [-0.2, 0) is 0 Å². The van der Waals surface area contributed by atoms with Crippen LogP contribution >= 0.6 is 9.73 Å². The largest absolute Gasteiger partial charge is 0.325 e. The molecule has 0 amide bonds. The van der Waals surface area contributed by atoms with Crippen molar-refractivity contribution in [3.63, 3.8) is 0 Å². The molecular weight excluding hydrogens is 114 g/mol. The Morgan fingerprint density at radius 2 is 1.75 bits per heavy atom. The van der Waals surface area contributed by atoms with Crippen LogP contribution in [-0.4, -0.2) is 26.3 Å². The second-order valence-electron chi connectivity index (χ2n) is 2.79. The summed E-state index contributed by atoms with van der Waals surface area (Å²) >= 11 is 0. The van der Waals surface area contributed by atoms with Gasteiger partial charge in [-0.05, 0) is 11.7 Å². The van der Waals surface area contributed by atoms with Crippen molar-refractivity contribution < 1.29 is 0 Å². The molecule has 0 aromatic carbocycles. The first kappa shape index (κ1) is 8.48. The minimum Gasteiger partial charge on any atom is -0.325 e. The summed E-state index contributed by atoms with van der Waals surface area (Å²) in [6.07, 6.45) is 1.92. The molecule has 44 valence electrons. The summed E-state index contributed by atoms with van der Waals surface area (Å²) in [5.41, 5.74) is 0. The van der Waals surface area contributed by atoms with Gasteiger partial charge >= 0.3 is 0 Å². The minimum absolute atomic E-state index is 0.630. The van der Waals surface area contributed by atoms with E-state index in [-0.39, 0.29) is 0 Å². The van der Waals surface area contributed by atoms with Gasteiger partial charge in [0.2, 0.25) is 0 Å². The summed E-state index contributed by atoms with van der Waals surface area (Å²) < 4.78 is 0. The van der Waals surface area contributed by atoms with Crippen molar-refractivity contribution in [2.24, 2.45) is 5.92 Å². The maximum Gasteiger partial charge on any atom is 0.123 e. The first-order chi connectivity index (χ1) is 3.42. The Morgan fingerprint density at radius 3 is 1.75 bits per heavy atom. The summed E-state index contributed by atoms with van der Waals surface area (Å²) in [5, 5.41) is 0. The first-order valence-electron chi connectivity index (χ1n) is 2.73. The lowest BCUT2D eigenvalue weighted by Crippen LogP contribution is -2.07. The van der Waals surface area contributed by atoms with Crippen LogP contribution in [0.5, 0.6) is 0 Å². The summed E-state index contributed by atoms with van der Waals surface area (Å²) in [6, 6.07) is 0. The van der Waals surface area contributed by atoms with Gasteiger partial charge in [-0.15, -0.1) is 0 Å². The molecule has 3 heteroatoms. The molecule has 0 saturated heterocycles. The standard InChI is InChI=1S/C5H12B2S/c1-5(2)4-8(3,6)7/h5H,4H2,1-3H3. The van der Waals surface area contributed by atoms with Gasteiger partial charge in [0.05, 0.1) is 0 Å². The van der Waals surface area contributed by atoms with Gasteiger partial charge in [0.25, 0.3) is 0 Å². The van der Waals surface area contributed by atoms with Crippen LogP contribution < -0.4 is 0 Å². The monoisotopic (exact) mass is 126 g/mol. The molecule has 0 aliphatic carbocycles. The molecule has 8 heavy (non-hydrogen) atoms. The van der Waals surface area contributed by atoms with Crippen molar-refractivity contribution in [1.29, 1.82) is 0 Å². The van der Waals surface area contributed by atoms with Crippen LogP contribution in [0, 0.1) is 5.92 Å². The quantitative estimate of drug-likeness (QED) is 0.488. The van der Waals surface area contributed by atoms with Crippen molar-refractivity contribution >= 4 is 24.0 Å². The van der Waals surface area contributed by atoms with Crippen molar-refractivity contribution in [3.8, 4) is 0 Å². The van der Waals surface area contributed by atoms with E-state index in [0.717, 1.165) is 5.75 Å². The smallest absolute Gasteiger partial charge is 0.123 e. The molecule has 0 heterocycles. The van der Waals surface area contributed by atoms with E-state index in [1.807, 2.05) is 6.26 Å². The highest BCUT2D eigenvalue weighted by Gasteiger charge is 2.04. The van der Waals surface area contributed by atoms with Crippen LogP contribution in [0.2, 0.25) is 0 Å². The molecule has 0 aliphatic rings. The first-order valence-corrected chi connectivity index (χ1v) is 5.07. The summed E-state index contributed by atoms with van der Waals surface area (Å²) in [6.45, 7) is 4.26. The van der Waals surface area contributed by atoms with Crippen LogP contribution in [0.4, 0.5) is 0 Å². The van der Waals surface area contributed by atoms with E-state index in [1.54, 1.807) is 0 Å². The van der Waals surface area contributed by atoms with Crippen LogP contribution in [0.25, 0.3) is 0 Å². The molecule has 0 spiro atoms. The molecule has 0 atom stereocenters. The zero-order chi connectivity index (χ0) is 6.78. The maximum atomic E-state index is 5.60. The van der Waals surface area contributed by atoms with E-state index < -0.39 is 9.73 Å². The molecule has 0 N–H and O–H groups in total. The molecule has 0 rings (SSSR count). The lowest BCUT2D eigenvalue weighted by atomic mass is 10.3. The molecule has 0 saturated carbocycles. The highest BCUT2D eigenvalue weighted by atomic mass is 32.3. The van der Waals surface area contributed by atoms with Crippen LogP contribution in [0.3, 0.4) is 0 Å². The van der Waals surface area contributed by atoms with Crippen LogP contribution in [0.15, 0.2) is 0 Å². The van der Waals surface area contributed by atoms with Gasteiger partial charge in [0.15, 0.2) is 0 Å². The van der Waals surface area contributed by atoms with E-state index in [0.29, 0.717) is 5.92 Å². The van der Waals surface area contributed by atoms with Gasteiger partial charge in [-0.25, -0.2) is 0 Å². The third-order valence-corrected chi connectivity index (χ3v) is 2.08. The van der Waals surface area contributed by atoms with Gasteiger partial charge in [0, 0.05) is 0 Å². The second-order valence-corrected chi connectivity index (χ2v) is 5.58. The van der Waals surface area contributed by atoms with Crippen molar-refractivity contribution in [3.05, 3.63) is 0 Å². The lowest BCUT2D eigenvalue weighted by Gasteiger charge is -2.28. The van der Waals surface area contributed by atoms with E-state index in [1.165, 1.54) is 0 Å². The Balaban J connectivity index is 3.39. The number of hydrogen-bond acceptors (Lipinski definition) is 0. The number of rotatable bonds is 2. The fourth-order valence-electron chi connectivity index (χ4n) is 0.718. The Labute approximate surface area is 56.4 Å². The normalized spacial score (nSPS) is 14.5. The molecule has 0 fully saturated rings. The molecule has 0 aliphatic heterocycles. The molecule has 0 bridgehead atoms. The van der Waals surface area contributed by atoms with Crippen molar-refractivity contribution in [2.45, 2.75) is 13.8 Å². The van der Waals surface area contributed by atoms with E-state index in [4.69, 9.17) is 14.2 Å². The molecule has 4 radical (unpaired) electrons. The minimum atomic E-state index is -1.22. The fourth-order valence-corrected chi connectivity index (χ4v) is 2.15. The van der Waals surface area contributed by atoms with E-state index >= 15 is 0 Å². The number of hydrogen-bond donors (Lipinski definition) is 0. The zero-order valence-electron chi connectivity index (χ0n) is 5.85. The summed E-state index contributed by atoms with van der Waals surface area (Å²) in [7, 11) is 9.97. The van der Waals surface area contributed by atoms with E-state index in [9.17, 15) is 0 Å². The van der Waals surface area contributed by atoms with Gasteiger partial charge in [0.1, 0.15) is 14.2 Å². The Hall–Kier alpha value is 0.480. The molecule has 0 aromatic heterocycles. The fraction of sp³-hybridized carbons (Fsp3) is 1.00. The van der Waals surface area contributed by atoms with Crippen molar-refractivity contribution in [1.82, 2.24) is 0 Å². The SMILES string of the molecule is [B]S([B])(C)CC(C)C. The Morgan fingerprint density at radius 1 is 1.38 bits per heavy atom. The maximum absolute atomic E-state index is 5.60. The Bertz CT molecular complexity index is 65.3. The summed E-state index contributed by atoms with van der Waals surface area (Å²) in [4.78, 5) is 0. The third kappa shape index (κ3) is 6.48. The average Bonchev–Trinajstić information content (AvgIpc) is 1.21. The van der Waals surface area contributed by atoms with Gasteiger partial charge in [-0.3, -0.25) is 0 Å². The zero-order valence-corrected chi connectivity index (χ0v) is 6.66. The average molecular weight is 126 g/mol. The molecule has 0 unspecified atom stereocenters. The lowest BCUT2D eigenvalue weighted by molar-refractivity contribution is 0.750. The second kappa shape index (κ2) is 2.86. The van der Waals surface area contributed by atoms with Gasteiger partial charge in [-0.2, -0.15) is 0 Å². The Kier molecular flexibility index (Phi) is 3.03. The topological polar surface area (TPSA) is 0 Å². The molecule has 0 nitrogen and oxygen atoms in total. The highest BCUT2D eigenvalue weighted by molar-refractivity contribution is 8.63. The predicted octanol–water partition coefficient (Wildman–Crippen LogP) is 1.24. The highest BCUT2D eigenvalue weighted by Crippen LogP contribution is 2.33. The molecule has 0 aromatic rings. The van der Waals surface area contributed by atoms with Crippen molar-refractivity contribution in [2.75, 3.05) is 12.0 Å². The van der Waals surface area contributed by atoms with E-state index in [2.05, 4.69) is 13.8 Å². The predicted molar refractivity (Wildman–Crippen MR) is 44.7 cm³/mol. The molecular formula is C5H12B2S. The van der Waals surface area contributed by atoms with Crippen LogP contribution in [0.1, 0.15) is 13.8 Å². The third-order valence-electron chi connectivity index (χ3n) is 0.692. The summed E-state index contributed by atoms with van der Waals surface area (Å²) in [5.74, 6) is 1.59. The van der Waals surface area contributed by atoms with Gasteiger partial charge in [-0.1, -0.05) is 20.1 Å².